The lowest BCUT2D eigenvalue weighted by molar-refractivity contribution is 0.480. The zero-order valence-corrected chi connectivity index (χ0v) is 13.1. The monoisotopic (exact) mass is 328 g/mol. The summed E-state index contributed by atoms with van der Waals surface area (Å²) in [4.78, 5) is -0.0727. The Bertz CT molecular complexity index is 679. The van der Waals surface area contributed by atoms with Gasteiger partial charge >= 0.3 is 0 Å². The summed E-state index contributed by atoms with van der Waals surface area (Å²) in [5.41, 5.74) is 5.85. The van der Waals surface area contributed by atoms with Crippen molar-refractivity contribution in [3.63, 3.8) is 0 Å². The van der Waals surface area contributed by atoms with Gasteiger partial charge in [0.15, 0.2) is 0 Å². The molecule has 0 saturated heterocycles. The highest BCUT2D eigenvalue weighted by Crippen LogP contribution is 2.27. The van der Waals surface area contributed by atoms with Crippen LogP contribution in [0.1, 0.15) is 19.1 Å². The second-order valence-corrected chi connectivity index (χ2v) is 6.86. The molecule has 1 atom stereocenters. The molecule has 5 nitrogen and oxygen atoms in total. The van der Waals surface area contributed by atoms with Crippen LogP contribution in [0.2, 0.25) is 5.02 Å². The molecule has 1 aromatic carbocycles. The number of nitrogen functional groups attached to an aromatic ring is 1. The Hall–Kier alpha value is -1.50. The predicted molar refractivity (Wildman–Crippen MR) is 82.7 cm³/mol. The summed E-state index contributed by atoms with van der Waals surface area (Å²) in [6.45, 7) is 1.79. The quantitative estimate of drug-likeness (QED) is 0.798. The normalized spacial score (nSPS) is 13.2. The first kappa shape index (κ1) is 15.9. The largest absolute Gasteiger partial charge is 0.469 e. The Kier molecular flexibility index (Phi) is 4.92. The molecule has 0 fully saturated rings. The molecule has 0 aliphatic heterocycles. The van der Waals surface area contributed by atoms with Gasteiger partial charge in [-0.2, -0.15) is 0 Å². The predicted octanol–water partition coefficient (Wildman–Crippen LogP) is 2.81. The molecule has 114 valence electrons. The van der Waals surface area contributed by atoms with E-state index in [1.807, 2.05) is 6.07 Å². The van der Waals surface area contributed by atoms with Crippen LogP contribution in [-0.4, -0.2) is 14.5 Å². The lowest BCUT2D eigenvalue weighted by Crippen LogP contribution is -2.33. The van der Waals surface area contributed by atoms with Crippen LogP contribution in [0.5, 0.6) is 0 Å². The van der Waals surface area contributed by atoms with Crippen LogP contribution >= 0.6 is 11.6 Å². The van der Waals surface area contributed by atoms with Crippen molar-refractivity contribution in [1.29, 1.82) is 0 Å². The molecule has 0 spiro atoms. The molecular formula is C14H17ClN2O3S. The minimum atomic E-state index is -3.75. The highest BCUT2D eigenvalue weighted by atomic mass is 35.5. The summed E-state index contributed by atoms with van der Waals surface area (Å²) < 4.78 is 32.5. The highest BCUT2D eigenvalue weighted by molar-refractivity contribution is 7.89. The van der Waals surface area contributed by atoms with Crippen LogP contribution in [0.25, 0.3) is 0 Å². The van der Waals surface area contributed by atoms with Crippen LogP contribution in [0.4, 0.5) is 5.69 Å². The van der Waals surface area contributed by atoms with E-state index >= 15 is 0 Å². The number of nitrogens with two attached hydrogens (primary N) is 1. The number of furan rings is 1. The number of nitrogens with one attached hydrogen (secondary N) is 1. The van der Waals surface area contributed by atoms with Gasteiger partial charge < -0.3 is 10.2 Å². The van der Waals surface area contributed by atoms with Gasteiger partial charge in [-0.15, -0.1) is 0 Å². The topological polar surface area (TPSA) is 85.3 Å². The Morgan fingerprint density at radius 1 is 1.33 bits per heavy atom. The Balaban J connectivity index is 2.06. The fourth-order valence-electron chi connectivity index (χ4n) is 2.01. The number of halogens is 1. The van der Waals surface area contributed by atoms with Gasteiger partial charge in [0.05, 0.1) is 17.0 Å². The summed E-state index contributed by atoms with van der Waals surface area (Å²) >= 11 is 5.94. The first-order chi connectivity index (χ1) is 9.90. The van der Waals surface area contributed by atoms with Crippen molar-refractivity contribution < 1.29 is 12.8 Å². The van der Waals surface area contributed by atoms with Crippen molar-refractivity contribution in [2.75, 3.05) is 5.73 Å². The average Bonchev–Trinajstić information content (AvgIpc) is 2.88. The van der Waals surface area contributed by atoms with Gasteiger partial charge in [0.2, 0.25) is 10.0 Å². The van der Waals surface area contributed by atoms with Crippen molar-refractivity contribution >= 4 is 27.3 Å². The van der Waals surface area contributed by atoms with E-state index in [2.05, 4.69) is 4.72 Å². The van der Waals surface area contributed by atoms with Crippen molar-refractivity contribution in [3.05, 3.63) is 47.4 Å². The van der Waals surface area contributed by atoms with Crippen LogP contribution < -0.4 is 10.5 Å². The summed E-state index contributed by atoms with van der Waals surface area (Å²) in [7, 11) is -3.75. The maximum Gasteiger partial charge on any atom is 0.244 e. The number of benzene rings is 1. The standard InChI is InChI=1S/C14H17ClN2O3S/c1-10(7-8-11-4-3-9-20-11)17-21(18,19)14-12(15)5-2-6-13(14)16/h2-6,9-10,17H,7-8,16H2,1H3. The molecule has 7 heteroatoms. The first-order valence-electron chi connectivity index (χ1n) is 6.49. The number of hydrogen-bond acceptors (Lipinski definition) is 4. The van der Waals surface area contributed by atoms with Crippen molar-refractivity contribution in [2.45, 2.75) is 30.7 Å². The lowest BCUT2D eigenvalue weighted by Gasteiger charge is -2.15. The van der Waals surface area contributed by atoms with E-state index in [0.29, 0.717) is 12.8 Å². The minimum Gasteiger partial charge on any atom is -0.469 e. The summed E-state index contributed by atoms with van der Waals surface area (Å²) in [5, 5.41) is 0.112. The van der Waals surface area contributed by atoms with Gasteiger partial charge in [-0.1, -0.05) is 17.7 Å². The molecular weight excluding hydrogens is 312 g/mol. The van der Waals surface area contributed by atoms with Gasteiger partial charge in [0.25, 0.3) is 0 Å². The minimum absolute atomic E-state index is 0.0727. The highest BCUT2D eigenvalue weighted by Gasteiger charge is 2.23. The Labute approximate surface area is 129 Å². The number of aryl methyl sites for hydroxylation is 1. The van der Waals surface area contributed by atoms with E-state index in [9.17, 15) is 8.42 Å². The molecule has 0 aliphatic rings. The van der Waals surface area contributed by atoms with Crippen molar-refractivity contribution in [3.8, 4) is 0 Å². The summed E-state index contributed by atoms with van der Waals surface area (Å²) in [6, 6.07) is 8.00. The average molecular weight is 329 g/mol. The third-order valence-electron chi connectivity index (χ3n) is 3.03. The maximum absolute atomic E-state index is 12.3. The second-order valence-electron chi connectivity index (χ2n) is 4.80. The van der Waals surface area contributed by atoms with Crippen LogP contribution in [-0.2, 0) is 16.4 Å². The number of sulfonamides is 1. The molecule has 0 radical (unpaired) electrons. The number of rotatable bonds is 6. The zero-order chi connectivity index (χ0) is 15.5. The van der Waals surface area contributed by atoms with Gasteiger partial charge in [0, 0.05) is 12.5 Å². The van der Waals surface area contributed by atoms with E-state index in [1.165, 1.54) is 12.1 Å². The van der Waals surface area contributed by atoms with Gasteiger partial charge in [-0.3, -0.25) is 0 Å². The zero-order valence-electron chi connectivity index (χ0n) is 11.5. The Morgan fingerprint density at radius 2 is 2.10 bits per heavy atom. The lowest BCUT2D eigenvalue weighted by atomic mass is 10.2. The second kappa shape index (κ2) is 6.51. The van der Waals surface area contributed by atoms with Gasteiger partial charge in [0.1, 0.15) is 10.7 Å². The molecule has 21 heavy (non-hydrogen) atoms. The third kappa shape index (κ3) is 4.00. The molecule has 1 unspecified atom stereocenters. The maximum atomic E-state index is 12.3. The molecule has 0 bridgehead atoms. The van der Waals surface area contributed by atoms with E-state index in [0.717, 1.165) is 5.76 Å². The van der Waals surface area contributed by atoms with Gasteiger partial charge in [-0.25, -0.2) is 13.1 Å². The van der Waals surface area contributed by atoms with Crippen LogP contribution in [0.15, 0.2) is 45.9 Å². The summed E-state index contributed by atoms with van der Waals surface area (Å²) in [5.74, 6) is 0.818. The molecule has 1 aromatic heterocycles. The van der Waals surface area contributed by atoms with Crippen molar-refractivity contribution in [2.24, 2.45) is 0 Å². The fourth-order valence-corrected chi connectivity index (χ4v) is 3.96. The van der Waals surface area contributed by atoms with E-state index in [4.69, 9.17) is 21.8 Å². The molecule has 1 heterocycles. The molecule has 0 aliphatic carbocycles. The SMILES string of the molecule is CC(CCc1ccco1)NS(=O)(=O)c1c(N)cccc1Cl. The molecule has 0 amide bonds. The first-order valence-corrected chi connectivity index (χ1v) is 8.35. The van der Waals surface area contributed by atoms with Crippen LogP contribution in [0.3, 0.4) is 0 Å². The smallest absolute Gasteiger partial charge is 0.244 e. The summed E-state index contributed by atoms with van der Waals surface area (Å²) in [6.07, 6.45) is 2.85. The molecule has 2 aromatic rings. The number of anilines is 1. The molecule has 2 rings (SSSR count). The molecule has 3 N–H and O–H groups in total. The van der Waals surface area contributed by atoms with E-state index < -0.39 is 10.0 Å². The van der Waals surface area contributed by atoms with E-state index in [-0.39, 0.29) is 21.6 Å². The van der Waals surface area contributed by atoms with Crippen LogP contribution in [0, 0.1) is 0 Å². The van der Waals surface area contributed by atoms with Crippen molar-refractivity contribution in [1.82, 2.24) is 4.72 Å². The molecule has 0 saturated carbocycles. The third-order valence-corrected chi connectivity index (χ3v) is 5.16. The number of hydrogen-bond donors (Lipinski definition) is 2. The van der Waals surface area contributed by atoms with E-state index in [1.54, 1.807) is 25.3 Å². The van der Waals surface area contributed by atoms with Gasteiger partial charge in [-0.05, 0) is 37.6 Å². The fraction of sp³-hybridized carbons (Fsp3) is 0.286. The Morgan fingerprint density at radius 3 is 2.71 bits per heavy atom.